The lowest BCUT2D eigenvalue weighted by atomic mass is 9.96. The third kappa shape index (κ3) is 3.08. The fourth-order valence-corrected chi connectivity index (χ4v) is 2.24. The zero-order valence-electron chi connectivity index (χ0n) is 11.2. The maximum absolute atomic E-state index is 11.3. The summed E-state index contributed by atoms with van der Waals surface area (Å²) in [6.07, 6.45) is 0.661. The summed E-state index contributed by atoms with van der Waals surface area (Å²) in [5, 5.41) is 5.95. The summed E-state index contributed by atoms with van der Waals surface area (Å²) in [4.78, 5) is 14.2. The number of ether oxygens (including phenoxy) is 1. The second-order valence-electron chi connectivity index (χ2n) is 4.40. The molecule has 0 saturated carbocycles. The predicted molar refractivity (Wildman–Crippen MR) is 77.1 cm³/mol. The van der Waals surface area contributed by atoms with Gasteiger partial charge in [0.25, 0.3) is 0 Å². The molecule has 0 N–H and O–H groups in total. The van der Waals surface area contributed by atoms with E-state index in [1.807, 2.05) is 42.5 Å². The summed E-state index contributed by atoms with van der Waals surface area (Å²) < 4.78 is 4.63. The molecule has 102 valence electrons. The van der Waals surface area contributed by atoms with Crippen LogP contribution in [0.5, 0.6) is 0 Å². The molecule has 0 bridgehead atoms. The number of esters is 1. The number of nitrogens with zero attached hydrogens (tertiary/aromatic N) is 3. The molecule has 0 aliphatic heterocycles. The average molecular weight is 269 g/mol. The number of carbonyl (C=O) groups is 1. The van der Waals surface area contributed by atoms with E-state index in [-0.39, 0.29) is 18.4 Å². The fraction of sp³-hybridized carbons (Fsp3) is 0.267. The monoisotopic (exact) mass is 269 g/mol. The molecule has 0 fully saturated rings. The van der Waals surface area contributed by atoms with Crippen LogP contribution in [0.1, 0.15) is 24.4 Å². The van der Waals surface area contributed by atoms with E-state index in [4.69, 9.17) is 5.53 Å². The molecule has 20 heavy (non-hydrogen) atoms. The fourth-order valence-electron chi connectivity index (χ4n) is 2.24. The third-order valence-electron chi connectivity index (χ3n) is 3.22. The summed E-state index contributed by atoms with van der Waals surface area (Å²) in [6.45, 7) is 0. The van der Waals surface area contributed by atoms with Gasteiger partial charge in [0.2, 0.25) is 0 Å². The van der Waals surface area contributed by atoms with Crippen LogP contribution in [0.2, 0.25) is 0 Å². The van der Waals surface area contributed by atoms with Crippen LogP contribution in [0.25, 0.3) is 21.2 Å². The van der Waals surface area contributed by atoms with Crippen molar-refractivity contribution in [3.63, 3.8) is 0 Å². The third-order valence-corrected chi connectivity index (χ3v) is 3.22. The molecular weight excluding hydrogens is 254 g/mol. The number of carbonyl (C=O) groups excluding carboxylic acids is 1. The molecule has 0 aromatic heterocycles. The zero-order chi connectivity index (χ0) is 14.4. The first-order chi connectivity index (χ1) is 9.76. The summed E-state index contributed by atoms with van der Waals surface area (Å²) in [6, 6.07) is 13.4. The molecule has 5 nitrogen and oxygen atoms in total. The maximum Gasteiger partial charge on any atom is 0.305 e. The minimum atomic E-state index is -0.370. The molecule has 1 atom stereocenters. The molecule has 0 aliphatic carbocycles. The van der Waals surface area contributed by atoms with E-state index in [1.165, 1.54) is 7.11 Å². The van der Waals surface area contributed by atoms with Crippen molar-refractivity contribution < 1.29 is 9.53 Å². The minimum Gasteiger partial charge on any atom is -0.469 e. The predicted octanol–water partition coefficient (Wildman–Crippen LogP) is 4.14. The van der Waals surface area contributed by atoms with E-state index in [0.717, 1.165) is 16.3 Å². The summed E-state index contributed by atoms with van der Waals surface area (Å²) >= 11 is 0. The van der Waals surface area contributed by atoms with Crippen molar-refractivity contribution in [2.75, 3.05) is 7.11 Å². The number of azide groups is 1. The Morgan fingerprint density at radius 2 is 2.05 bits per heavy atom. The quantitative estimate of drug-likeness (QED) is 0.354. The van der Waals surface area contributed by atoms with Gasteiger partial charge in [-0.15, -0.1) is 0 Å². The smallest absolute Gasteiger partial charge is 0.305 e. The van der Waals surface area contributed by atoms with Crippen molar-refractivity contribution in [3.05, 3.63) is 58.5 Å². The first-order valence-corrected chi connectivity index (χ1v) is 6.35. The lowest BCUT2D eigenvalue weighted by molar-refractivity contribution is -0.140. The first kappa shape index (κ1) is 13.9. The Hall–Kier alpha value is -2.52. The Morgan fingerprint density at radius 1 is 1.30 bits per heavy atom. The van der Waals surface area contributed by atoms with Crippen molar-refractivity contribution in [2.45, 2.75) is 18.9 Å². The van der Waals surface area contributed by atoms with Gasteiger partial charge >= 0.3 is 5.97 Å². The molecule has 0 amide bonds. The van der Waals surface area contributed by atoms with Gasteiger partial charge in [0.15, 0.2) is 0 Å². The van der Waals surface area contributed by atoms with Gasteiger partial charge in [-0.1, -0.05) is 47.6 Å². The number of rotatable bonds is 5. The molecule has 2 aromatic rings. The molecule has 0 radical (unpaired) electrons. The van der Waals surface area contributed by atoms with Gasteiger partial charge in [-0.2, -0.15) is 0 Å². The van der Waals surface area contributed by atoms with Crippen LogP contribution in [0, 0.1) is 0 Å². The molecule has 0 saturated heterocycles. The molecule has 1 unspecified atom stereocenters. The molecule has 0 heterocycles. The standard InChI is InChI=1S/C15H15N3O2/c1-20-15(19)10-9-14(17-18-16)13-8-4-6-11-5-2-3-7-12(11)13/h2-8,14H,9-10H2,1H3. The van der Waals surface area contributed by atoms with Crippen molar-refractivity contribution in [1.82, 2.24) is 0 Å². The van der Waals surface area contributed by atoms with Crippen molar-refractivity contribution in [1.29, 1.82) is 0 Å². The summed E-state index contributed by atoms with van der Waals surface area (Å²) in [7, 11) is 1.35. The van der Waals surface area contributed by atoms with Crippen LogP contribution >= 0.6 is 0 Å². The number of fused-ring (bicyclic) bond motifs is 1. The van der Waals surface area contributed by atoms with Gasteiger partial charge in [-0.25, -0.2) is 0 Å². The molecule has 2 aromatic carbocycles. The molecule has 2 rings (SSSR count). The van der Waals surface area contributed by atoms with E-state index < -0.39 is 0 Å². The Kier molecular flexibility index (Phi) is 4.58. The zero-order valence-corrected chi connectivity index (χ0v) is 11.2. The van der Waals surface area contributed by atoms with E-state index in [9.17, 15) is 4.79 Å². The van der Waals surface area contributed by atoms with Gasteiger partial charge in [0.1, 0.15) is 0 Å². The number of hydrogen-bond donors (Lipinski definition) is 0. The van der Waals surface area contributed by atoms with Gasteiger partial charge in [-0.3, -0.25) is 4.79 Å². The Balaban J connectivity index is 2.36. The van der Waals surface area contributed by atoms with Gasteiger partial charge < -0.3 is 4.74 Å². The number of benzene rings is 2. The molecule has 0 spiro atoms. The van der Waals surface area contributed by atoms with Crippen LogP contribution in [-0.4, -0.2) is 13.1 Å². The Bertz CT molecular complexity index is 658. The highest BCUT2D eigenvalue weighted by Gasteiger charge is 2.14. The summed E-state index contributed by atoms with van der Waals surface area (Å²) in [5.41, 5.74) is 9.67. The van der Waals surface area contributed by atoms with Crippen LogP contribution in [0.4, 0.5) is 0 Å². The highest BCUT2D eigenvalue weighted by Crippen LogP contribution is 2.30. The van der Waals surface area contributed by atoms with Crippen molar-refractivity contribution in [3.8, 4) is 0 Å². The van der Waals surface area contributed by atoms with Crippen LogP contribution < -0.4 is 0 Å². The highest BCUT2D eigenvalue weighted by molar-refractivity contribution is 5.86. The minimum absolute atomic E-state index is 0.226. The van der Waals surface area contributed by atoms with E-state index in [0.29, 0.717) is 6.42 Å². The van der Waals surface area contributed by atoms with Crippen molar-refractivity contribution >= 4 is 16.7 Å². The van der Waals surface area contributed by atoms with Crippen LogP contribution in [-0.2, 0) is 9.53 Å². The average Bonchev–Trinajstić information content (AvgIpc) is 2.50. The van der Waals surface area contributed by atoms with Gasteiger partial charge in [0, 0.05) is 11.3 Å². The number of methoxy groups -OCH3 is 1. The van der Waals surface area contributed by atoms with E-state index in [2.05, 4.69) is 14.8 Å². The largest absolute Gasteiger partial charge is 0.469 e. The van der Waals surface area contributed by atoms with Crippen LogP contribution in [0.15, 0.2) is 47.6 Å². The first-order valence-electron chi connectivity index (χ1n) is 6.35. The van der Waals surface area contributed by atoms with Gasteiger partial charge in [-0.05, 0) is 28.3 Å². The SMILES string of the molecule is COC(=O)CCC(N=[N+]=[N-])c1cccc2ccccc12. The molecule has 5 heteroatoms. The van der Waals surface area contributed by atoms with Crippen LogP contribution in [0.3, 0.4) is 0 Å². The second kappa shape index (κ2) is 6.59. The maximum atomic E-state index is 11.3. The molecule has 0 aliphatic rings. The summed E-state index contributed by atoms with van der Waals surface area (Å²) in [5.74, 6) is -0.302. The Labute approximate surface area is 116 Å². The van der Waals surface area contributed by atoms with Gasteiger partial charge in [0.05, 0.1) is 13.2 Å². The topological polar surface area (TPSA) is 75.1 Å². The number of hydrogen-bond acceptors (Lipinski definition) is 3. The van der Waals surface area contributed by atoms with E-state index >= 15 is 0 Å². The van der Waals surface area contributed by atoms with Crippen molar-refractivity contribution in [2.24, 2.45) is 5.11 Å². The lowest BCUT2D eigenvalue weighted by Crippen LogP contribution is -2.04. The Morgan fingerprint density at radius 3 is 2.80 bits per heavy atom. The lowest BCUT2D eigenvalue weighted by Gasteiger charge is -2.13. The molecular formula is C15H15N3O2. The normalized spacial score (nSPS) is 11.7. The second-order valence-corrected chi connectivity index (χ2v) is 4.40. The highest BCUT2D eigenvalue weighted by atomic mass is 16.5. The van der Waals surface area contributed by atoms with E-state index in [1.54, 1.807) is 0 Å².